The lowest BCUT2D eigenvalue weighted by molar-refractivity contribution is -0.145. The van der Waals surface area contributed by atoms with Crippen molar-refractivity contribution in [2.45, 2.75) is 37.8 Å². The van der Waals surface area contributed by atoms with Crippen molar-refractivity contribution in [1.82, 2.24) is 14.7 Å². The lowest BCUT2D eigenvalue weighted by Gasteiger charge is -2.39. The molecule has 0 aromatic carbocycles. The Morgan fingerprint density at radius 3 is 2.70 bits per heavy atom. The number of hydrogen-bond acceptors (Lipinski definition) is 4. The lowest BCUT2D eigenvalue weighted by Crippen LogP contribution is -2.57. The van der Waals surface area contributed by atoms with E-state index < -0.39 is 0 Å². The second-order valence-corrected chi connectivity index (χ2v) is 6.04. The van der Waals surface area contributed by atoms with Crippen molar-refractivity contribution in [3.63, 3.8) is 0 Å². The fourth-order valence-corrected chi connectivity index (χ4v) is 3.53. The third-order valence-corrected chi connectivity index (χ3v) is 4.70. The maximum Gasteiger partial charge on any atom is 0.244 e. The zero-order valence-corrected chi connectivity index (χ0v) is 12.1. The highest BCUT2D eigenvalue weighted by molar-refractivity contribution is 5.90. The average Bonchev–Trinajstić information content (AvgIpc) is 3.09. The Labute approximate surface area is 119 Å². The summed E-state index contributed by atoms with van der Waals surface area (Å²) in [5.41, 5.74) is 0. The van der Waals surface area contributed by atoms with Gasteiger partial charge in [-0.25, -0.2) is 0 Å². The van der Waals surface area contributed by atoms with Gasteiger partial charge in [0.2, 0.25) is 11.8 Å². The number of morpholine rings is 1. The molecule has 3 aliphatic rings. The van der Waals surface area contributed by atoms with Gasteiger partial charge in [-0.3, -0.25) is 14.5 Å². The maximum atomic E-state index is 12.7. The molecule has 1 aliphatic carbocycles. The molecule has 2 amide bonds. The Balaban J connectivity index is 1.69. The Morgan fingerprint density at radius 2 is 2.05 bits per heavy atom. The van der Waals surface area contributed by atoms with E-state index in [4.69, 9.17) is 4.74 Å². The molecule has 6 heteroatoms. The van der Waals surface area contributed by atoms with E-state index in [9.17, 15) is 9.59 Å². The molecule has 0 bridgehead atoms. The minimum absolute atomic E-state index is 0.0162. The molecule has 112 valence electrons. The van der Waals surface area contributed by atoms with Crippen LogP contribution < -0.4 is 0 Å². The van der Waals surface area contributed by atoms with Gasteiger partial charge < -0.3 is 14.5 Å². The van der Waals surface area contributed by atoms with Crippen LogP contribution in [0.4, 0.5) is 0 Å². The van der Waals surface area contributed by atoms with Gasteiger partial charge in [0, 0.05) is 19.6 Å². The van der Waals surface area contributed by atoms with Crippen molar-refractivity contribution in [2.75, 3.05) is 40.0 Å². The summed E-state index contributed by atoms with van der Waals surface area (Å²) >= 11 is 0. The quantitative estimate of drug-likeness (QED) is 0.708. The minimum Gasteiger partial charge on any atom is -0.378 e. The van der Waals surface area contributed by atoms with Gasteiger partial charge in [0.05, 0.1) is 19.9 Å². The third-order valence-electron chi connectivity index (χ3n) is 4.70. The van der Waals surface area contributed by atoms with Crippen LogP contribution in [0.15, 0.2) is 0 Å². The summed E-state index contributed by atoms with van der Waals surface area (Å²) in [6, 6.07) is 0.315. The number of ether oxygens (including phenoxy) is 1. The second-order valence-electron chi connectivity index (χ2n) is 6.04. The number of carbonyl (C=O) groups excluding carboxylic acids is 2. The van der Waals surface area contributed by atoms with Crippen LogP contribution in [-0.4, -0.2) is 78.6 Å². The van der Waals surface area contributed by atoms with E-state index in [1.165, 1.54) is 25.7 Å². The monoisotopic (exact) mass is 281 g/mol. The predicted molar refractivity (Wildman–Crippen MR) is 72.9 cm³/mol. The summed E-state index contributed by atoms with van der Waals surface area (Å²) in [5, 5.41) is 0. The molecule has 3 fully saturated rings. The molecule has 1 saturated carbocycles. The van der Waals surface area contributed by atoms with Gasteiger partial charge in [-0.15, -0.1) is 0 Å². The largest absolute Gasteiger partial charge is 0.378 e. The van der Waals surface area contributed by atoms with E-state index in [1.807, 2.05) is 0 Å². The van der Waals surface area contributed by atoms with Crippen LogP contribution in [0.1, 0.15) is 25.7 Å². The van der Waals surface area contributed by atoms with Crippen molar-refractivity contribution in [3.05, 3.63) is 0 Å². The molecule has 0 spiro atoms. The van der Waals surface area contributed by atoms with Crippen LogP contribution in [0.25, 0.3) is 0 Å². The number of likely N-dealkylation sites (N-methyl/N-ethyl adjacent to an activating group) is 1. The fraction of sp³-hybridized carbons (Fsp3) is 0.857. The first-order valence-corrected chi connectivity index (χ1v) is 7.53. The summed E-state index contributed by atoms with van der Waals surface area (Å²) in [7, 11) is 1.74. The fourth-order valence-electron chi connectivity index (χ4n) is 3.53. The molecule has 6 nitrogen and oxygen atoms in total. The van der Waals surface area contributed by atoms with Crippen LogP contribution >= 0.6 is 0 Å². The number of amides is 2. The van der Waals surface area contributed by atoms with Crippen LogP contribution in [0.2, 0.25) is 0 Å². The van der Waals surface area contributed by atoms with E-state index in [0.29, 0.717) is 25.9 Å². The molecule has 20 heavy (non-hydrogen) atoms. The minimum atomic E-state index is -0.203. The Bertz CT molecular complexity index is 395. The lowest BCUT2D eigenvalue weighted by atomic mass is 10.1. The van der Waals surface area contributed by atoms with Gasteiger partial charge in [-0.2, -0.15) is 0 Å². The molecule has 0 aromatic rings. The van der Waals surface area contributed by atoms with Gasteiger partial charge in [0.15, 0.2) is 0 Å². The summed E-state index contributed by atoms with van der Waals surface area (Å²) in [6.07, 6.45) is 4.88. The van der Waals surface area contributed by atoms with Crippen LogP contribution in [0.3, 0.4) is 0 Å². The molecule has 1 unspecified atom stereocenters. The normalized spacial score (nSPS) is 29.4. The average molecular weight is 281 g/mol. The van der Waals surface area contributed by atoms with E-state index in [-0.39, 0.29) is 24.4 Å². The molecule has 2 heterocycles. The molecule has 2 aliphatic heterocycles. The number of hydrogen-bond donors (Lipinski definition) is 0. The van der Waals surface area contributed by atoms with Gasteiger partial charge in [-0.1, -0.05) is 12.8 Å². The molecule has 3 rings (SSSR count). The van der Waals surface area contributed by atoms with Crippen molar-refractivity contribution in [1.29, 1.82) is 0 Å². The maximum absolute atomic E-state index is 12.7. The molecule has 1 atom stereocenters. The molecule has 0 N–H and O–H groups in total. The first-order chi connectivity index (χ1) is 9.66. The summed E-state index contributed by atoms with van der Waals surface area (Å²) in [4.78, 5) is 29.9. The van der Waals surface area contributed by atoms with Crippen LogP contribution in [0, 0.1) is 0 Å². The first kappa shape index (κ1) is 13.8. The number of carbonyl (C=O) groups is 2. The summed E-state index contributed by atoms with van der Waals surface area (Å²) < 4.78 is 5.52. The SMILES string of the molecule is CN1CN(C(=O)C2COCCN2C2CCCC2)CC1=O. The van der Waals surface area contributed by atoms with Crippen LogP contribution in [-0.2, 0) is 14.3 Å². The van der Waals surface area contributed by atoms with E-state index in [0.717, 1.165) is 6.54 Å². The van der Waals surface area contributed by atoms with Gasteiger partial charge in [0.1, 0.15) is 12.6 Å². The van der Waals surface area contributed by atoms with Crippen molar-refractivity contribution >= 4 is 11.8 Å². The smallest absolute Gasteiger partial charge is 0.244 e. The second kappa shape index (κ2) is 5.69. The number of nitrogens with zero attached hydrogens (tertiary/aromatic N) is 3. The van der Waals surface area contributed by atoms with Gasteiger partial charge in [-0.05, 0) is 12.8 Å². The van der Waals surface area contributed by atoms with Gasteiger partial charge >= 0.3 is 0 Å². The summed E-state index contributed by atoms with van der Waals surface area (Å²) in [5.74, 6) is 0.0665. The van der Waals surface area contributed by atoms with E-state index >= 15 is 0 Å². The van der Waals surface area contributed by atoms with Crippen molar-refractivity contribution < 1.29 is 14.3 Å². The molecular weight excluding hydrogens is 258 g/mol. The molecule has 0 radical (unpaired) electrons. The highest BCUT2D eigenvalue weighted by atomic mass is 16.5. The highest BCUT2D eigenvalue weighted by Gasteiger charge is 2.39. The van der Waals surface area contributed by atoms with E-state index in [2.05, 4.69) is 4.90 Å². The van der Waals surface area contributed by atoms with Crippen molar-refractivity contribution in [3.8, 4) is 0 Å². The van der Waals surface area contributed by atoms with Gasteiger partial charge in [0.25, 0.3) is 0 Å². The zero-order chi connectivity index (χ0) is 14.1. The third kappa shape index (κ3) is 2.54. The Kier molecular flexibility index (Phi) is 3.94. The standard InChI is InChI=1S/C14H23N3O3/c1-15-10-16(8-13(15)18)14(19)12-9-20-7-6-17(12)11-4-2-3-5-11/h11-12H,2-10H2,1H3. The number of rotatable bonds is 2. The van der Waals surface area contributed by atoms with Crippen LogP contribution in [0.5, 0.6) is 0 Å². The predicted octanol–water partition coefficient (Wildman–Crippen LogP) is -0.112. The van der Waals surface area contributed by atoms with Crippen molar-refractivity contribution in [2.24, 2.45) is 0 Å². The van der Waals surface area contributed by atoms with E-state index in [1.54, 1.807) is 16.8 Å². The topological polar surface area (TPSA) is 53.1 Å². The summed E-state index contributed by atoms with van der Waals surface area (Å²) in [6.45, 7) is 2.62. The molecule has 0 aromatic heterocycles. The molecule has 2 saturated heterocycles. The Hall–Kier alpha value is -1.14. The highest BCUT2D eigenvalue weighted by Crippen LogP contribution is 2.27. The molecular formula is C14H23N3O3. The Morgan fingerprint density at radius 1 is 1.30 bits per heavy atom. The first-order valence-electron chi connectivity index (χ1n) is 7.53. The zero-order valence-electron chi connectivity index (χ0n) is 12.1.